The first-order valence-corrected chi connectivity index (χ1v) is 8.64. The predicted octanol–water partition coefficient (Wildman–Crippen LogP) is 3.88. The number of hydrogen-bond donors (Lipinski definition) is 0. The average molecular weight is 312 g/mol. The summed E-state index contributed by atoms with van der Waals surface area (Å²) in [5, 5.41) is 0.548. The van der Waals surface area contributed by atoms with Crippen LogP contribution in [0, 0.1) is 12.8 Å². The van der Waals surface area contributed by atoms with Gasteiger partial charge in [0.1, 0.15) is 5.65 Å². The van der Waals surface area contributed by atoms with Gasteiger partial charge in [-0.2, -0.15) is 0 Å². The largest absolute Gasteiger partial charge is 0.332 e. The van der Waals surface area contributed by atoms with Crippen molar-refractivity contribution in [2.45, 2.75) is 58.9 Å². The van der Waals surface area contributed by atoms with Crippen molar-refractivity contribution in [3.8, 4) is 0 Å². The maximum absolute atomic E-state index is 12.7. The number of carbonyl (C=O) groups excluding carboxylic acids is 1. The second kappa shape index (κ2) is 6.65. The highest BCUT2D eigenvalue weighted by Crippen LogP contribution is 2.27. The lowest BCUT2D eigenvalue weighted by Crippen LogP contribution is -2.22. The molecule has 122 valence electrons. The van der Waals surface area contributed by atoms with Gasteiger partial charge in [-0.15, -0.1) is 0 Å². The van der Waals surface area contributed by atoms with Gasteiger partial charge >= 0.3 is 0 Å². The molecule has 1 aliphatic carbocycles. The molecule has 0 aromatic carbocycles. The van der Waals surface area contributed by atoms with Crippen LogP contribution in [0.4, 0.5) is 0 Å². The number of carbonyl (C=O) groups is 1. The van der Waals surface area contributed by atoms with Crippen molar-refractivity contribution in [1.82, 2.24) is 9.55 Å². The molecule has 0 unspecified atom stereocenters. The number of aryl methyl sites for hydroxylation is 2. The van der Waals surface area contributed by atoms with Crippen molar-refractivity contribution in [2.75, 3.05) is 0 Å². The Morgan fingerprint density at radius 2 is 2.00 bits per heavy atom. The molecule has 0 radical (unpaired) electrons. The first-order chi connectivity index (χ1) is 11.1. The molecule has 2 heterocycles. The summed E-state index contributed by atoms with van der Waals surface area (Å²) in [4.78, 5) is 29.9. The molecule has 0 aliphatic heterocycles. The van der Waals surface area contributed by atoms with Crippen molar-refractivity contribution in [3.05, 3.63) is 39.8 Å². The molecule has 0 saturated heterocycles. The van der Waals surface area contributed by atoms with Crippen molar-refractivity contribution >= 4 is 16.8 Å². The highest BCUT2D eigenvalue weighted by Gasteiger charge is 2.21. The van der Waals surface area contributed by atoms with Crippen LogP contribution in [0.25, 0.3) is 11.0 Å². The van der Waals surface area contributed by atoms with Crippen LogP contribution in [-0.4, -0.2) is 15.3 Å². The van der Waals surface area contributed by atoms with Gasteiger partial charge in [-0.3, -0.25) is 9.59 Å². The number of Topliss-reactive ketones (excluding diaryl/α,β-unsaturated/α-hetero) is 1. The maximum atomic E-state index is 12.7. The zero-order chi connectivity index (χ0) is 16.4. The molecule has 1 fully saturated rings. The summed E-state index contributed by atoms with van der Waals surface area (Å²) in [6.45, 7) is 4.60. The highest BCUT2D eigenvalue weighted by molar-refractivity contribution is 5.98. The zero-order valence-corrected chi connectivity index (χ0v) is 14.0. The summed E-state index contributed by atoms with van der Waals surface area (Å²) >= 11 is 0. The summed E-state index contributed by atoms with van der Waals surface area (Å²) in [7, 11) is 0. The van der Waals surface area contributed by atoms with Crippen molar-refractivity contribution in [1.29, 1.82) is 0 Å². The second-order valence-electron chi connectivity index (χ2n) is 6.61. The van der Waals surface area contributed by atoms with Crippen molar-refractivity contribution in [3.63, 3.8) is 0 Å². The first kappa shape index (κ1) is 15.9. The minimum absolute atomic E-state index is 0.00780. The number of ketones is 1. The van der Waals surface area contributed by atoms with E-state index in [0.29, 0.717) is 35.5 Å². The fraction of sp³-hybridized carbons (Fsp3) is 0.526. The van der Waals surface area contributed by atoms with Gasteiger partial charge in [0.25, 0.3) is 0 Å². The topological polar surface area (TPSA) is 52.0 Å². The van der Waals surface area contributed by atoms with E-state index in [2.05, 4.69) is 4.98 Å². The quantitative estimate of drug-likeness (QED) is 0.805. The van der Waals surface area contributed by atoms with Crippen molar-refractivity contribution < 1.29 is 4.79 Å². The number of rotatable bonds is 4. The van der Waals surface area contributed by atoms with Crippen molar-refractivity contribution in [2.24, 2.45) is 5.92 Å². The van der Waals surface area contributed by atoms with Gasteiger partial charge in [-0.1, -0.05) is 32.1 Å². The van der Waals surface area contributed by atoms with Gasteiger partial charge in [0.15, 0.2) is 5.78 Å². The number of hydrogen-bond acceptors (Lipinski definition) is 3. The molecule has 2 aromatic rings. The van der Waals surface area contributed by atoms with Crippen LogP contribution in [0.5, 0.6) is 0 Å². The fourth-order valence-corrected chi connectivity index (χ4v) is 3.56. The van der Waals surface area contributed by atoms with Gasteiger partial charge < -0.3 is 4.57 Å². The summed E-state index contributed by atoms with van der Waals surface area (Å²) in [6.07, 6.45) is 8.13. The Balaban J connectivity index is 2.00. The normalized spacial score (nSPS) is 15.9. The van der Waals surface area contributed by atoms with Crippen LogP contribution >= 0.6 is 0 Å². The summed E-state index contributed by atoms with van der Waals surface area (Å²) in [5.74, 6) is 0.434. The van der Waals surface area contributed by atoms with Gasteiger partial charge in [0.2, 0.25) is 5.43 Å². The van der Waals surface area contributed by atoms with E-state index in [1.807, 2.05) is 24.5 Å². The lowest BCUT2D eigenvalue weighted by atomic mass is 9.85. The molecule has 4 heteroatoms. The van der Waals surface area contributed by atoms with E-state index < -0.39 is 0 Å². The van der Waals surface area contributed by atoms with Gasteiger partial charge in [-0.25, -0.2) is 4.98 Å². The smallest absolute Gasteiger partial charge is 0.201 e. The monoisotopic (exact) mass is 312 g/mol. The van der Waals surface area contributed by atoms with Crippen LogP contribution < -0.4 is 5.43 Å². The Bertz CT molecular complexity index is 786. The summed E-state index contributed by atoms with van der Waals surface area (Å²) in [6, 6.07) is 3.63. The van der Waals surface area contributed by atoms with Crippen LogP contribution in [0.2, 0.25) is 0 Å². The maximum Gasteiger partial charge on any atom is 0.201 e. The minimum atomic E-state index is -0.169. The van der Waals surface area contributed by atoms with Gasteiger partial charge in [0.05, 0.1) is 10.9 Å². The molecule has 0 N–H and O–H groups in total. The van der Waals surface area contributed by atoms with E-state index in [9.17, 15) is 9.59 Å². The van der Waals surface area contributed by atoms with E-state index >= 15 is 0 Å². The average Bonchev–Trinajstić information content (AvgIpc) is 2.56. The van der Waals surface area contributed by atoms with Crippen LogP contribution in [-0.2, 0) is 6.54 Å². The number of pyridine rings is 2. The number of fused-ring (bicyclic) bond motifs is 1. The molecule has 3 rings (SSSR count). The van der Waals surface area contributed by atoms with Crippen LogP contribution in [0.15, 0.2) is 23.1 Å². The fourth-order valence-electron chi connectivity index (χ4n) is 3.56. The third kappa shape index (κ3) is 3.21. The third-order valence-corrected chi connectivity index (χ3v) is 4.90. The zero-order valence-electron chi connectivity index (χ0n) is 14.0. The molecule has 1 aliphatic rings. The van der Waals surface area contributed by atoms with E-state index in [1.54, 1.807) is 12.3 Å². The Hall–Kier alpha value is -1.97. The molecule has 4 nitrogen and oxygen atoms in total. The van der Waals surface area contributed by atoms with Gasteiger partial charge in [-0.05, 0) is 31.9 Å². The summed E-state index contributed by atoms with van der Waals surface area (Å²) in [5.41, 5.74) is 1.71. The SMILES string of the molecule is CCn1cc(C(=O)CC2CCCCC2)c(=O)c2ccc(C)nc21. The molecule has 23 heavy (non-hydrogen) atoms. The van der Waals surface area contributed by atoms with E-state index in [-0.39, 0.29) is 11.2 Å². The Morgan fingerprint density at radius 3 is 2.70 bits per heavy atom. The molecule has 2 aromatic heterocycles. The summed E-state index contributed by atoms with van der Waals surface area (Å²) < 4.78 is 1.91. The molecule has 0 amide bonds. The molecule has 0 spiro atoms. The standard InChI is InChI=1S/C19H24N2O2/c1-3-21-12-16(17(22)11-14-7-5-4-6-8-14)18(23)15-10-9-13(2)20-19(15)21/h9-10,12,14H,3-8,11H2,1-2H3. The van der Waals surface area contributed by atoms with E-state index in [1.165, 1.54) is 19.3 Å². The lowest BCUT2D eigenvalue weighted by Gasteiger charge is -2.20. The number of aromatic nitrogens is 2. The molecular weight excluding hydrogens is 288 g/mol. The third-order valence-electron chi connectivity index (χ3n) is 4.90. The van der Waals surface area contributed by atoms with Gasteiger partial charge in [0, 0.05) is 24.9 Å². The Morgan fingerprint density at radius 1 is 1.26 bits per heavy atom. The second-order valence-corrected chi connectivity index (χ2v) is 6.61. The minimum Gasteiger partial charge on any atom is -0.332 e. The van der Waals surface area contributed by atoms with E-state index in [0.717, 1.165) is 18.5 Å². The molecule has 1 saturated carbocycles. The molecule has 0 atom stereocenters. The molecular formula is C19H24N2O2. The Kier molecular flexibility index (Phi) is 4.60. The lowest BCUT2D eigenvalue weighted by molar-refractivity contribution is 0.0948. The number of nitrogens with zero attached hydrogens (tertiary/aromatic N) is 2. The highest BCUT2D eigenvalue weighted by atomic mass is 16.1. The Labute approximate surface area is 136 Å². The van der Waals surface area contributed by atoms with E-state index in [4.69, 9.17) is 0 Å². The molecule has 0 bridgehead atoms. The van der Waals surface area contributed by atoms with Crippen LogP contribution in [0.1, 0.15) is 61.5 Å². The predicted molar refractivity (Wildman–Crippen MR) is 91.9 cm³/mol. The first-order valence-electron chi connectivity index (χ1n) is 8.64. The van der Waals surface area contributed by atoms with Crippen LogP contribution in [0.3, 0.4) is 0 Å².